The monoisotopic (exact) mass is 324 g/mol. The maximum Gasteiger partial charge on any atom is 0.306 e. The Hall–Kier alpha value is -3.07. The number of rotatable bonds is 4. The van der Waals surface area contributed by atoms with Crippen LogP contribution >= 0.6 is 0 Å². The van der Waals surface area contributed by atoms with E-state index in [1.807, 2.05) is 24.3 Å². The Morgan fingerprint density at radius 2 is 2.17 bits per heavy atom. The standard InChI is InChI=1S/C18H17N3O3/c1-3-24-16(22)9-8-12-11(2)13(10-19)17-20-14-6-4-5-7-15(14)21(17)18(12)23/h4-7H,3,8-9H2,1-2H3,(H,20,23)/p+1. The minimum Gasteiger partial charge on any atom is -0.477 e. The van der Waals surface area contributed by atoms with Crippen molar-refractivity contribution in [2.75, 3.05) is 6.61 Å². The van der Waals surface area contributed by atoms with Crippen molar-refractivity contribution in [2.24, 2.45) is 0 Å². The highest BCUT2D eigenvalue weighted by molar-refractivity contribution is 5.77. The summed E-state index contributed by atoms with van der Waals surface area (Å²) < 4.78 is 6.57. The second kappa shape index (κ2) is 6.20. The fraction of sp³-hybridized carbons (Fsp3) is 0.278. The first-order valence-electron chi connectivity index (χ1n) is 7.81. The lowest BCUT2D eigenvalue weighted by Crippen LogP contribution is -2.24. The molecule has 24 heavy (non-hydrogen) atoms. The summed E-state index contributed by atoms with van der Waals surface area (Å²) in [5.74, 6) is -0.276. The van der Waals surface area contributed by atoms with Crippen LogP contribution in [0.15, 0.2) is 24.3 Å². The Labute approximate surface area is 138 Å². The first-order chi connectivity index (χ1) is 11.6. The normalized spacial score (nSPS) is 10.9. The van der Waals surface area contributed by atoms with Gasteiger partial charge in [-0.05, 0) is 38.0 Å². The highest BCUT2D eigenvalue weighted by atomic mass is 16.5. The summed E-state index contributed by atoms with van der Waals surface area (Å²) in [4.78, 5) is 14.8. The van der Waals surface area contributed by atoms with Crippen LogP contribution in [-0.2, 0) is 16.0 Å². The fourth-order valence-corrected chi connectivity index (χ4v) is 3.00. The number of aromatic nitrogens is 2. The molecule has 1 aromatic carbocycles. The van der Waals surface area contributed by atoms with Crippen LogP contribution in [0, 0.1) is 18.3 Å². The Morgan fingerprint density at radius 1 is 1.42 bits per heavy atom. The van der Waals surface area contributed by atoms with Crippen LogP contribution in [0.1, 0.15) is 30.0 Å². The quantitative estimate of drug-likeness (QED) is 0.569. The zero-order chi connectivity index (χ0) is 17.3. The highest BCUT2D eigenvalue weighted by Gasteiger charge is 2.26. The largest absolute Gasteiger partial charge is 0.477 e. The maximum atomic E-state index is 11.6. The van der Waals surface area contributed by atoms with E-state index < -0.39 is 0 Å². The molecular weight excluding hydrogens is 306 g/mol. The van der Waals surface area contributed by atoms with Crippen molar-refractivity contribution in [1.82, 2.24) is 4.98 Å². The van der Waals surface area contributed by atoms with E-state index in [9.17, 15) is 15.2 Å². The average molecular weight is 324 g/mol. The van der Waals surface area contributed by atoms with Gasteiger partial charge in [-0.2, -0.15) is 9.66 Å². The smallest absolute Gasteiger partial charge is 0.306 e. The van der Waals surface area contributed by atoms with Crippen LogP contribution in [-0.4, -0.2) is 22.7 Å². The molecular formula is C18H18N3O3+. The Kier molecular flexibility index (Phi) is 4.09. The van der Waals surface area contributed by atoms with Gasteiger partial charge in [0.15, 0.2) is 11.0 Å². The Balaban J connectivity index is 2.21. The molecule has 0 bridgehead atoms. The summed E-state index contributed by atoms with van der Waals surface area (Å²) in [6.45, 7) is 3.86. The van der Waals surface area contributed by atoms with Crippen LogP contribution in [0.4, 0.5) is 0 Å². The van der Waals surface area contributed by atoms with Crippen molar-refractivity contribution in [3.05, 3.63) is 41.0 Å². The second-order valence-corrected chi connectivity index (χ2v) is 5.55. The molecule has 2 N–H and O–H groups in total. The van der Waals surface area contributed by atoms with Gasteiger partial charge in [0.2, 0.25) is 0 Å². The van der Waals surface area contributed by atoms with Gasteiger partial charge >= 0.3 is 11.6 Å². The topological polar surface area (TPSA) is 90.2 Å². The Bertz CT molecular complexity index is 983. The minimum absolute atomic E-state index is 0.0447. The molecule has 0 atom stereocenters. The molecule has 0 saturated carbocycles. The number of aromatic hydroxyl groups is 1. The number of pyridine rings is 1. The third kappa shape index (κ3) is 2.44. The van der Waals surface area contributed by atoms with Crippen molar-refractivity contribution in [2.45, 2.75) is 26.7 Å². The summed E-state index contributed by atoms with van der Waals surface area (Å²) in [6, 6.07) is 9.70. The number of H-pyrrole nitrogens is 1. The second-order valence-electron chi connectivity index (χ2n) is 5.55. The third-order valence-corrected chi connectivity index (χ3v) is 4.16. The van der Waals surface area contributed by atoms with Gasteiger partial charge in [-0.15, -0.1) is 0 Å². The SMILES string of the molecule is CCOC(=O)CCc1c(C)c(C#N)c2[nH]c3ccccc3[n+]2c1O. The Morgan fingerprint density at radius 3 is 2.88 bits per heavy atom. The van der Waals surface area contributed by atoms with Gasteiger partial charge in [-0.1, -0.05) is 12.1 Å². The van der Waals surface area contributed by atoms with Crippen LogP contribution in [0.2, 0.25) is 0 Å². The van der Waals surface area contributed by atoms with Crippen molar-refractivity contribution in [3.63, 3.8) is 0 Å². The molecule has 3 aromatic rings. The van der Waals surface area contributed by atoms with Crippen molar-refractivity contribution < 1.29 is 19.0 Å². The van der Waals surface area contributed by atoms with E-state index >= 15 is 0 Å². The zero-order valence-electron chi connectivity index (χ0n) is 13.6. The number of aromatic amines is 1. The highest BCUT2D eigenvalue weighted by Crippen LogP contribution is 2.26. The average Bonchev–Trinajstić information content (AvgIpc) is 2.94. The number of carbonyl (C=O) groups excluding carboxylic acids is 1. The van der Waals surface area contributed by atoms with E-state index in [0.29, 0.717) is 35.4 Å². The number of nitriles is 1. The van der Waals surface area contributed by atoms with Crippen molar-refractivity contribution in [3.8, 4) is 11.9 Å². The number of ether oxygens (including phenoxy) is 1. The van der Waals surface area contributed by atoms with E-state index in [2.05, 4.69) is 11.1 Å². The summed E-state index contributed by atoms with van der Waals surface area (Å²) in [6.07, 6.45) is 0.467. The van der Waals surface area contributed by atoms with Gasteiger partial charge in [0.25, 0.3) is 5.88 Å². The van der Waals surface area contributed by atoms with E-state index in [4.69, 9.17) is 4.74 Å². The van der Waals surface area contributed by atoms with Crippen LogP contribution < -0.4 is 4.40 Å². The number of benzene rings is 1. The summed E-state index contributed by atoms with van der Waals surface area (Å²) >= 11 is 0. The molecule has 2 aromatic heterocycles. The molecule has 0 unspecified atom stereocenters. The maximum absolute atomic E-state index is 11.6. The molecule has 0 fully saturated rings. The molecule has 122 valence electrons. The van der Waals surface area contributed by atoms with Gasteiger partial charge in [0, 0.05) is 12.0 Å². The number of imidazole rings is 1. The van der Waals surface area contributed by atoms with Crippen LogP contribution in [0.25, 0.3) is 16.7 Å². The molecule has 0 aliphatic rings. The number of hydrogen-bond donors (Lipinski definition) is 2. The van der Waals surface area contributed by atoms with Gasteiger partial charge in [0.05, 0.1) is 6.61 Å². The summed E-state index contributed by atoms with van der Waals surface area (Å²) in [5, 5.41) is 20.3. The molecule has 0 radical (unpaired) electrons. The minimum atomic E-state index is -0.321. The predicted octanol–water partition coefficient (Wildman–Crippen LogP) is 2.29. The van der Waals surface area contributed by atoms with Gasteiger partial charge in [0.1, 0.15) is 11.6 Å². The molecule has 0 saturated heterocycles. The van der Waals surface area contributed by atoms with E-state index in [0.717, 1.165) is 11.0 Å². The first kappa shape index (κ1) is 15.8. The van der Waals surface area contributed by atoms with Crippen LogP contribution in [0.5, 0.6) is 5.88 Å². The lowest BCUT2D eigenvalue weighted by molar-refractivity contribution is -0.493. The number of fused-ring (bicyclic) bond motifs is 3. The molecule has 6 nitrogen and oxygen atoms in total. The number of hydrogen-bond acceptors (Lipinski definition) is 4. The van der Waals surface area contributed by atoms with E-state index in [-0.39, 0.29) is 18.3 Å². The number of carbonyl (C=O) groups is 1. The molecule has 0 amide bonds. The van der Waals surface area contributed by atoms with E-state index in [1.54, 1.807) is 18.2 Å². The lowest BCUT2D eigenvalue weighted by Gasteiger charge is -2.08. The van der Waals surface area contributed by atoms with Gasteiger partial charge in [-0.3, -0.25) is 4.79 Å². The number of nitrogens with one attached hydrogen (secondary N) is 1. The molecule has 0 aliphatic heterocycles. The van der Waals surface area contributed by atoms with Gasteiger partial charge in [-0.25, -0.2) is 4.98 Å². The molecule has 0 aliphatic carbocycles. The molecule has 6 heteroatoms. The zero-order valence-corrected chi connectivity index (χ0v) is 13.6. The molecule has 3 rings (SSSR count). The first-order valence-corrected chi connectivity index (χ1v) is 7.81. The van der Waals surface area contributed by atoms with Crippen molar-refractivity contribution >= 4 is 22.6 Å². The summed E-state index contributed by atoms with van der Waals surface area (Å²) in [5.41, 5.74) is 3.87. The fourth-order valence-electron chi connectivity index (χ4n) is 3.00. The third-order valence-electron chi connectivity index (χ3n) is 4.16. The lowest BCUT2D eigenvalue weighted by atomic mass is 10.0. The number of nitrogens with zero attached hydrogens (tertiary/aromatic N) is 2. The number of para-hydroxylation sites is 2. The van der Waals surface area contributed by atoms with Gasteiger partial charge < -0.3 is 9.84 Å². The van der Waals surface area contributed by atoms with Crippen LogP contribution in [0.3, 0.4) is 0 Å². The predicted molar refractivity (Wildman–Crippen MR) is 87.5 cm³/mol. The van der Waals surface area contributed by atoms with E-state index in [1.165, 1.54) is 0 Å². The van der Waals surface area contributed by atoms with Crippen molar-refractivity contribution in [1.29, 1.82) is 5.26 Å². The molecule has 2 heterocycles. The number of esters is 1. The molecule has 0 spiro atoms. The summed E-state index contributed by atoms with van der Waals surface area (Å²) in [7, 11) is 0.